The van der Waals surface area contributed by atoms with Crippen molar-refractivity contribution < 1.29 is 4.74 Å². The summed E-state index contributed by atoms with van der Waals surface area (Å²) in [6.07, 6.45) is 4.29. The average Bonchev–Trinajstić information content (AvgIpc) is 3.32. The number of hydrogen-bond acceptors (Lipinski definition) is 5. The van der Waals surface area contributed by atoms with Gasteiger partial charge in [0.1, 0.15) is 12.4 Å². The number of anilines is 1. The third kappa shape index (κ3) is 5.45. The van der Waals surface area contributed by atoms with Gasteiger partial charge in [-0.25, -0.2) is 0 Å². The highest BCUT2D eigenvalue weighted by atomic mass is 16.5. The summed E-state index contributed by atoms with van der Waals surface area (Å²) >= 11 is 0. The standard InChI is InChI=1S/C26H30N4O2/c1-20(27)24-17-22(9-10-25(24)28-12-16-29-13-5-6-14-29)30-15-11-23(18-26(30)31)32-19-21-7-3-2-4-8-21/h2-4,7-11,15,17-18,27-28H,5-6,12-14,16,19H2,1H3. The predicted molar refractivity (Wildman–Crippen MR) is 129 cm³/mol. The van der Waals surface area contributed by atoms with E-state index in [1.807, 2.05) is 48.5 Å². The third-order valence-electron chi connectivity index (χ3n) is 5.77. The van der Waals surface area contributed by atoms with Crippen LogP contribution in [0.3, 0.4) is 0 Å². The van der Waals surface area contributed by atoms with E-state index in [1.54, 1.807) is 23.8 Å². The van der Waals surface area contributed by atoms with Gasteiger partial charge >= 0.3 is 0 Å². The van der Waals surface area contributed by atoms with Crippen LogP contribution in [0.2, 0.25) is 0 Å². The second-order valence-corrected chi connectivity index (χ2v) is 8.18. The third-order valence-corrected chi connectivity index (χ3v) is 5.77. The first-order valence-electron chi connectivity index (χ1n) is 11.2. The summed E-state index contributed by atoms with van der Waals surface area (Å²) in [4.78, 5) is 15.2. The van der Waals surface area contributed by atoms with Crippen LogP contribution in [-0.4, -0.2) is 41.4 Å². The van der Waals surface area contributed by atoms with E-state index in [-0.39, 0.29) is 5.56 Å². The van der Waals surface area contributed by atoms with Gasteiger partial charge in [-0.3, -0.25) is 9.36 Å². The molecule has 0 unspecified atom stereocenters. The first-order valence-corrected chi connectivity index (χ1v) is 11.2. The number of pyridine rings is 1. The molecule has 0 spiro atoms. The minimum Gasteiger partial charge on any atom is -0.489 e. The van der Waals surface area contributed by atoms with E-state index < -0.39 is 0 Å². The number of rotatable bonds is 9. The number of likely N-dealkylation sites (tertiary alicyclic amines) is 1. The Morgan fingerprint density at radius 3 is 2.56 bits per heavy atom. The Balaban J connectivity index is 1.46. The number of nitrogens with one attached hydrogen (secondary N) is 2. The quantitative estimate of drug-likeness (QED) is 0.496. The molecule has 0 aliphatic carbocycles. The molecular formula is C26H30N4O2. The van der Waals surface area contributed by atoms with Gasteiger partial charge in [0.2, 0.25) is 0 Å². The lowest BCUT2D eigenvalue weighted by molar-refractivity contribution is 0.305. The lowest BCUT2D eigenvalue weighted by Crippen LogP contribution is -2.26. The normalized spacial score (nSPS) is 13.8. The van der Waals surface area contributed by atoms with Gasteiger partial charge in [-0.1, -0.05) is 30.3 Å². The molecule has 166 valence electrons. The molecular weight excluding hydrogens is 400 g/mol. The van der Waals surface area contributed by atoms with E-state index in [2.05, 4.69) is 10.2 Å². The predicted octanol–water partition coefficient (Wildman–Crippen LogP) is 4.31. The van der Waals surface area contributed by atoms with Crippen molar-refractivity contribution in [1.29, 1.82) is 5.41 Å². The Kier molecular flexibility index (Phi) is 7.02. The highest BCUT2D eigenvalue weighted by Gasteiger charge is 2.12. The molecule has 6 heteroatoms. The molecule has 0 atom stereocenters. The largest absolute Gasteiger partial charge is 0.489 e. The van der Waals surface area contributed by atoms with Crippen molar-refractivity contribution in [2.75, 3.05) is 31.5 Å². The molecule has 2 N–H and O–H groups in total. The highest BCUT2D eigenvalue weighted by Crippen LogP contribution is 2.21. The summed E-state index contributed by atoms with van der Waals surface area (Å²) in [5.41, 5.74) is 3.81. The Hall–Kier alpha value is -3.38. The molecule has 2 aromatic carbocycles. The van der Waals surface area contributed by atoms with Crippen LogP contribution in [-0.2, 0) is 6.61 Å². The molecule has 3 aromatic rings. The molecule has 0 bridgehead atoms. The molecule has 1 fully saturated rings. The lowest BCUT2D eigenvalue weighted by atomic mass is 10.1. The van der Waals surface area contributed by atoms with Gasteiger partial charge in [-0.2, -0.15) is 0 Å². The number of benzene rings is 2. The molecule has 0 radical (unpaired) electrons. The van der Waals surface area contributed by atoms with E-state index in [9.17, 15) is 4.79 Å². The van der Waals surface area contributed by atoms with E-state index in [4.69, 9.17) is 10.1 Å². The summed E-state index contributed by atoms with van der Waals surface area (Å²) in [5, 5.41) is 11.7. The fourth-order valence-electron chi connectivity index (χ4n) is 4.01. The fourth-order valence-corrected chi connectivity index (χ4v) is 4.01. The Morgan fingerprint density at radius 1 is 1.06 bits per heavy atom. The van der Waals surface area contributed by atoms with Crippen LogP contribution >= 0.6 is 0 Å². The minimum absolute atomic E-state index is 0.168. The molecule has 0 amide bonds. The molecule has 1 aliphatic rings. The van der Waals surface area contributed by atoms with Gasteiger partial charge in [-0.05, 0) is 62.7 Å². The summed E-state index contributed by atoms with van der Waals surface area (Å²) in [6, 6.07) is 18.9. The van der Waals surface area contributed by atoms with Crippen molar-refractivity contribution in [3.63, 3.8) is 0 Å². The van der Waals surface area contributed by atoms with Crippen LogP contribution in [0.25, 0.3) is 5.69 Å². The number of nitrogens with zero attached hydrogens (tertiary/aromatic N) is 2. The van der Waals surface area contributed by atoms with Gasteiger partial charge in [0.25, 0.3) is 5.56 Å². The monoisotopic (exact) mass is 430 g/mol. The maximum absolute atomic E-state index is 12.7. The van der Waals surface area contributed by atoms with Crippen LogP contribution < -0.4 is 15.6 Å². The first kappa shape index (κ1) is 21.8. The van der Waals surface area contributed by atoms with E-state index >= 15 is 0 Å². The fraction of sp³-hybridized carbons (Fsp3) is 0.308. The van der Waals surface area contributed by atoms with Gasteiger partial charge in [0.15, 0.2) is 0 Å². The number of hydrogen-bond donors (Lipinski definition) is 2. The van der Waals surface area contributed by atoms with E-state index in [0.717, 1.165) is 35.6 Å². The van der Waals surface area contributed by atoms with Crippen LogP contribution in [0.4, 0.5) is 5.69 Å². The molecule has 1 aliphatic heterocycles. The van der Waals surface area contributed by atoms with E-state index in [1.165, 1.54) is 32.0 Å². The van der Waals surface area contributed by atoms with Gasteiger partial charge in [-0.15, -0.1) is 0 Å². The summed E-state index contributed by atoms with van der Waals surface area (Å²) < 4.78 is 7.35. The molecule has 6 nitrogen and oxygen atoms in total. The first-order chi connectivity index (χ1) is 15.6. The second-order valence-electron chi connectivity index (χ2n) is 8.18. The van der Waals surface area contributed by atoms with E-state index in [0.29, 0.717) is 18.1 Å². The number of ether oxygens (including phenoxy) is 1. The van der Waals surface area contributed by atoms with Crippen molar-refractivity contribution in [2.24, 2.45) is 0 Å². The molecule has 1 aromatic heterocycles. The molecule has 2 heterocycles. The van der Waals surface area contributed by atoms with Crippen LogP contribution in [0, 0.1) is 5.41 Å². The van der Waals surface area contributed by atoms with Crippen molar-refractivity contribution in [3.05, 3.63) is 88.3 Å². The second kappa shape index (κ2) is 10.3. The maximum Gasteiger partial charge on any atom is 0.258 e. The number of aromatic nitrogens is 1. The van der Waals surface area contributed by atoms with Gasteiger partial charge in [0.05, 0.1) is 0 Å². The summed E-state index contributed by atoms with van der Waals surface area (Å²) in [6.45, 7) is 6.37. The summed E-state index contributed by atoms with van der Waals surface area (Å²) in [5.74, 6) is 0.541. The molecule has 32 heavy (non-hydrogen) atoms. The maximum atomic E-state index is 12.7. The van der Waals surface area contributed by atoms with Crippen LogP contribution in [0.15, 0.2) is 71.7 Å². The molecule has 4 rings (SSSR count). The van der Waals surface area contributed by atoms with Crippen LogP contribution in [0.5, 0.6) is 5.75 Å². The SMILES string of the molecule is CC(=N)c1cc(-n2ccc(OCc3ccccc3)cc2=O)ccc1NCCN1CCCC1. The van der Waals surface area contributed by atoms with Gasteiger partial charge in [0, 0.05) is 48.0 Å². The zero-order chi connectivity index (χ0) is 22.3. The van der Waals surface area contributed by atoms with Crippen molar-refractivity contribution >= 4 is 11.4 Å². The van der Waals surface area contributed by atoms with Crippen molar-refractivity contribution in [2.45, 2.75) is 26.4 Å². The van der Waals surface area contributed by atoms with Crippen LogP contribution in [0.1, 0.15) is 30.9 Å². The van der Waals surface area contributed by atoms with Crippen molar-refractivity contribution in [3.8, 4) is 11.4 Å². The average molecular weight is 431 g/mol. The topological polar surface area (TPSA) is 70.3 Å². The Morgan fingerprint density at radius 2 is 1.84 bits per heavy atom. The minimum atomic E-state index is -0.168. The van der Waals surface area contributed by atoms with Gasteiger partial charge < -0.3 is 20.4 Å². The summed E-state index contributed by atoms with van der Waals surface area (Å²) in [7, 11) is 0. The van der Waals surface area contributed by atoms with Crippen molar-refractivity contribution in [1.82, 2.24) is 9.47 Å². The highest BCUT2D eigenvalue weighted by molar-refractivity contribution is 6.01. The molecule has 1 saturated heterocycles. The zero-order valence-electron chi connectivity index (χ0n) is 18.5. The molecule has 0 saturated carbocycles. The Labute approximate surface area is 189 Å². The Bertz CT molecular complexity index is 1120. The zero-order valence-corrected chi connectivity index (χ0v) is 18.5. The lowest BCUT2D eigenvalue weighted by Gasteiger charge is -2.18. The smallest absolute Gasteiger partial charge is 0.258 e.